The van der Waals surface area contributed by atoms with Crippen LogP contribution in [0.5, 0.6) is 5.75 Å². The smallest absolute Gasteiger partial charge is 0.368 e. The Labute approximate surface area is 178 Å². The highest BCUT2D eigenvalue weighted by atomic mass is 35.5. The van der Waals surface area contributed by atoms with Gasteiger partial charge in [0.15, 0.2) is 6.04 Å². The minimum absolute atomic E-state index is 0.135. The average molecular weight is 461 g/mol. The number of amides is 1. The lowest BCUT2D eigenvalue weighted by molar-refractivity contribution is -0.165. The van der Waals surface area contributed by atoms with Crippen molar-refractivity contribution in [3.63, 3.8) is 0 Å². The number of rotatable bonds is 11. The summed E-state index contributed by atoms with van der Waals surface area (Å²) in [4.78, 5) is 28.6. The molecule has 0 bridgehead atoms. The van der Waals surface area contributed by atoms with Gasteiger partial charge in [0.2, 0.25) is 11.2 Å². The van der Waals surface area contributed by atoms with Crippen LogP contribution in [0.4, 0.5) is 0 Å². The Hall–Kier alpha value is -2.29. The van der Waals surface area contributed by atoms with Crippen LogP contribution in [-0.4, -0.2) is 59.0 Å². The monoisotopic (exact) mass is 460 g/mol. The zero-order valence-corrected chi connectivity index (χ0v) is 18.2. The number of carboxylic acids is 1. The van der Waals surface area contributed by atoms with Crippen LogP contribution < -0.4 is 4.74 Å². The maximum atomic E-state index is 13.8. The SMILES string of the molecule is CCOP(=O)(OCC)C(Cc1ccc(OC)cc1)(C(=O)O)N1C(=O)C(N=[N+]=[N-])C1Cl. The molecule has 3 unspecified atom stereocenters. The Balaban J connectivity index is 2.67. The summed E-state index contributed by atoms with van der Waals surface area (Å²) in [5.74, 6) is -1.98. The lowest BCUT2D eigenvalue weighted by atomic mass is 9.97. The highest BCUT2D eigenvalue weighted by Gasteiger charge is 2.69. The molecule has 1 N–H and O–H groups in total. The summed E-state index contributed by atoms with van der Waals surface area (Å²) in [6.07, 6.45) is -0.429. The first-order chi connectivity index (χ1) is 14.2. The van der Waals surface area contributed by atoms with E-state index in [1.54, 1.807) is 24.3 Å². The molecule has 1 aliphatic rings. The molecule has 1 aromatic carbocycles. The van der Waals surface area contributed by atoms with Gasteiger partial charge in [0.1, 0.15) is 11.3 Å². The van der Waals surface area contributed by atoms with Gasteiger partial charge in [-0.1, -0.05) is 28.8 Å². The number of halogens is 1. The molecule has 0 aliphatic carbocycles. The molecule has 0 spiro atoms. The van der Waals surface area contributed by atoms with Gasteiger partial charge in [-0.25, -0.2) is 4.79 Å². The van der Waals surface area contributed by atoms with Crippen LogP contribution in [0.2, 0.25) is 0 Å². The molecule has 1 aromatic rings. The molecule has 1 amide bonds. The Morgan fingerprint density at radius 3 is 2.30 bits per heavy atom. The summed E-state index contributed by atoms with van der Waals surface area (Å²) < 4.78 is 29.6. The van der Waals surface area contributed by atoms with E-state index in [0.29, 0.717) is 16.2 Å². The molecule has 1 saturated heterocycles. The van der Waals surface area contributed by atoms with Crippen LogP contribution in [0.1, 0.15) is 19.4 Å². The van der Waals surface area contributed by atoms with E-state index < -0.39 is 42.7 Å². The van der Waals surface area contributed by atoms with Gasteiger partial charge in [-0.2, -0.15) is 0 Å². The van der Waals surface area contributed by atoms with Crippen molar-refractivity contribution in [2.45, 2.75) is 37.1 Å². The van der Waals surface area contributed by atoms with Crippen LogP contribution in [0.15, 0.2) is 29.4 Å². The van der Waals surface area contributed by atoms with Crippen molar-refractivity contribution in [1.29, 1.82) is 0 Å². The fraction of sp³-hybridized carbons (Fsp3) is 0.529. The molecule has 0 aromatic heterocycles. The number of β-lactam (4-membered cyclic amide) rings is 1. The molecule has 2 rings (SSSR count). The summed E-state index contributed by atoms with van der Waals surface area (Å²) in [6.45, 7) is 2.77. The third kappa shape index (κ3) is 3.99. The number of aliphatic carboxylic acids is 1. The van der Waals surface area contributed by atoms with Crippen LogP contribution >= 0.6 is 19.2 Å². The molecule has 0 saturated carbocycles. The van der Waals surface area contributed by atoms with E-state index in [-0.39, 0.29) is 13.2 Å². The first-order valence-corrected chi connectivity index (χ1v) is 11.0. The van der Waals surface area contributed by atoms with Crippen molar-refractivity contribution in [1.82, 2.24) is 4.90 Å². The zero-order chi connectivity index (χ0) is 22.5. The molecule has 0 radical (unpaired) electrons. The Morgan fingerprint density at radius 2 is 1.90 bits per heavy atom. The van der Waals surface area contributed by atoms with E-state index in [0.717, 1.165) is 0 Å². The second-order valence-electron chi connectivity index (χ2n) is 6.21. The van der Waals surface area contributed by atoms with Crippen molar-refractivity contribution in [3.05, 3.63) is 40.3 Å². The summed E-state index contributed by atoms with van der Waals surface area (Å²) in [7, 11) is -3.01. The number of carboxylic acid groups (broad SMARTS) is 1. The van der Waals surface area contributed by atoms with Gasteiger partial charge in [-0.05, 0) is 37.1 Å². The van der Waals surface area contributed by atoms with Crippen molar-refractivity contribution >= 4 is 31.1 Å². The predicted molar refractivity (Wildman–Crippen MR) is 107 cm³/mol. The topological polar surface area (TPSA) is 151 Å². The number of carbonyl (C=O) groups excluding carboxylic acids is 1. The average Bonchev–Trinajstić information content (AvgIpc) is 2.72. The predicted octanol–water partition coefficient (Wildman–Crippen LogP) is 3.37. The number of carbonyl (C=O) groups is 2. The summed E-state index contributed by atoms with van der Waals surface area (Å²) in [6, 6.07) is 4.98. The van der Waals surface area contributed by atoms with Crippen molar-refractivity contribution in [2.24, 2.45) is 5.11 Å². The van der Waals surface area contributed by atoms with Gasteiger partial charge < -0.3 is 18.9 Å². The van der Waals surface area contributed by atoms with Crippen LogP contribution in [0.3, 0.4) is 0 Å². The Bertz CT molecular complexity index is 883. The molecular weight excluding hydrogens is 439 g/mol. The van der Waals surface area contributed by atoms with Gasteiger partial charge >= 0.3 is 13.6 Å². The van der Waals surface area contributed by atoms with E-state index in [4.69, 9.17) is 30.9 Å². The number of likely N-dealkylation sites (tertiary alicyclic amines) is 1. The summed E-state index contributed by atoms with van der Waals surface area (Å²) in [5, 5.41) is 11.1. The van der Waals surface area contributed by atoms with Crippen molar-refractivity contribution in [3.8, 4) is 5.75 Å². The number of benzene rings is 1. The van der Waals surface area contributed by atoms with E-state index in [9.17, 15) is 19.3 Å². The molecule has 1 aliphatic heterocycles. The van der Waals surface area contributed by atoms with E-state index >= 15 is 0 Å². The third-order valence-electron chi connectivity index (χ3n) is 4.58. The normalized spacial score (nSPS) is 20.7. The highest BCUT2D eigenvalue weighted by Crippen LogP contribution is 2.65. The number of alkyl halides is 1. The molecule has 13 heteroatoms. The Morgan fingerprint density at radius 1 is 1.33 bits per heavy atom. The molecule has 3 atom stereocenters. The van der Waals surface area contributed by atoms with Crippen LogP contribution in [-0.2, 0) is 29.6 Å². The molecule has 1 fully saturated rings. The van der Waals surface area contributed by atoms with Gasteiger partial charge in [-0.3, -0.25) is 14.3 Å². The van der Waals surface area contributed by atoms with E-state index in [1.807, 2.05) is 0 Å². The van der Waals surface area contributed by atoms with Crippen LogP contribution in [0, 0.1) is 0 Å². The maximum Gasteiger partial charge on any atom is 0.368 e. The van der Waals surface area contributed by atoms with E-state index in [1.165, 1.54) is 21.0 Å². The minimum Gasteiger partial charge on any atom is -0.497 e. The molecule has 1 heterocycles. The van der Waals surface area contributed by atoms with Crippen molar-refractivity contribution < 1.29 is 33.0 Å². The fourth-order valence-electron chi connectivity index (χ4n) is 3.22. The first-order valence-electron chi connectivity index (χ1n) is 8.99. The van der Waals surface area contributed by atoms with Gasteiger partial charge in [0.05, 0.1) is 20.3 Å². The lowest BCUT2D eigenvalue weighted by Crippen LogP contribution is -2.72. The number of nitrogens with zero attached hydrogens (tertiary/aromatic N) is 4. The number of ether oxygens (including phenoxy) is 1. The first kappa shape index (κ1) is 24.0. The second kappa shape index (κ2) is 9.68. The fourth-order valence-corrected chi connectivity index (χ4v) is 5.98. The molecule has 11 nitrogen and oxygen atoms in total. The summed E-state index contributed by atoms with van der Waals surface area (Å²) >= 11 is 6.23. The maximum absolute atomic E-state index is 13.8. The largest absolute Gasteiger partial charge is 0.497 e. The number of hydrogen-bond acceptors (Lipinski definition) is 7. The minimum atomic E-state index is -4.49. The van der Waals surface area contributed by atoms with Crippen LogP contribution in [0.25, 0.3) is 10.4 Å². The quantitative estimate of drug-likeness (QED) is 0.101. The zero-order valence-electron chi connectivity index (χ0n) is 16.6. The third-order valence-corrected chi connectivity index (χ3v) is 7.68. The van der Waals surface area contributed by atoms with E-state index in [2.05, 4.69) is 10.0 Å². The standard InChI is InChI=1S/C17H22ClN4O7P/c1-4-28-30(26,29-5-2)17(16(24)25,10-11-6-8-12(27-3)9-7-11)22-14(18)13(15(22)23)20-21-19/h6-9,13-14H,4-5,10H2,1-3H3,(H,24,25). The number of azide groups is 1. The molecule has 164 valence electrons. The molecule has 30 heavy (non-hydrogen) atoms. The number of methoxy groups -OCH3 is 1. The lowest BCUT2D eigenvalue weighted by Gasteiger charge is -2.52. The van der Waals surface area contributed by atoms with Gasteiger partial charge in [0, 0.05) is 11.3 Å². The summed E-state index contributed by atoms with van der Waals surface area (Å²) in [5.41, 5.74) is 7.71. The second-order valence-corrected chi connectivity index (χ2v) is 8.91. The number of hydrogen-bond donors (Lipinski definition) is 1. The Kier molecular flexibility index (Phi) is 7.74. The molecular formula is C17H22ClN4O7P. The van der Waals surface area contributed by atoms with Crippen molar-refractivity contribution in [2.75, 3.05) is 20.3 Å². The van der Waals surface area contributed by atoms with Gasteiger partial charge in [0.25, 0.3) is 0 Å². The highest BCUT2D eigenvalue weighted by molar-refractivity contribution is 7.56. The van der Waals surface area contributed by atoms with Gasteiger partial charge in [-0.15, -0.1) is 0 Å².